The van der Waals surface area contributed by atoms with Crippen LogP contribution < -0.4 is 0 Å². The molecule has 1 fully saturated rings. The molecule has 2 aromatic carbocycles. The highest BCUT2D eigenvalue weighted by atomic mass is 35.5. The minimum atomic E-state index is -0.207. The van der Waals surface area contributed by atoms with Crippen LogP contribution in [0, 0.1) is 0 Å². The Morgan fingerprint density at radius 2 is 1.82 bits per heavy atom. The third-order valence-corrected chi connectivity index (χ3v) is 7.01. The van der Waals surface area contributed by atoms with Crippen molar-refractivity contribution in [3.8, 4) is 0 Å². The molecule has 1 saturated heterocycles. The normalized spacial score (nSPS) is 17.0. The zero-order valence-corrected chi connectivity index (χ0v) is 21.3. The highest BCUT2D eigenvalue weighted by molar-refractivity contribution is 8.18. The Bertz CT molecular complexity index is 1270. The van der Waals surface area contributed by atoms with Gasteiger partial charge in [-0.2, -0.15) is 5.10 Å². The molecule has 0 bridgehead atoms. The molecule has 0 N–H and O–H groups in total. The molecule has 2 heterocycles. The molecule has 8 heteroatoms. The number of amidine groups is 1. The maximum atomic E-state index is 13.2. The van der Waals surface area contributed by atoms with Crippen molar-refractivity contribution < 1.29 is 9.21 Å². The second-order valence-electron chi connectivity index (χ2n) is 8.72. The van der Waals surface area contributed by atoms with Crippen molar-refractivity contribution in [3.05, 3.63) is 98.3 Å². The molecule has 3 aromatic rings. The largest absolute Gasteiger partial charge is 0.467 e. The summed E-state index contributed by atoms with van der Waals surface area (Å²) in [5.41, 5.74) is 2.90. The van der Waals surface area contributed by atoms with Crippen LogP contribution in [0.5, 0.6) is 0 Å². The van der Waals surface area contributed by atoms with Gasteiger partial charge in [0.1, 0.15) is 5.76 Å². The number of hydrogen-bond acceptors (Lipinski definition) is 5. The fourth-order valence-corrected chi connectivity index (χ4v) is 4.56. The lowest BCUT2D eigenvalue weighted by Crippen LogP contribution is -2.28. The summed E-state index contributed by atoms with van der Waals surface area (Å²) in [6, 6.07) is 17.1. The fourth-order valence-electron chi connectivity index (χ4n) is 3.27. The molecule has 34 heavy (non-hydrogen) atoms. The number of nitrogens with zero attached hydrogens (tertiary/aromatic N) is 3. The van der Waals surface area contributed by atoms with Gasteiger partial charge in [0.05, 0.1) is 34.0 Å². The zero-order valence-electron chi connectivity index (χ0n) is 19.0. The fraction of sp³-hybridized carbons (Fsp3) is 0.192. The summed E-state index contributed by atoms with van der Waals surface area (Å²) < 4.78 is 5.44. The topological polar surface area (TPSA) is 58.2 Å². The van der Waals surface area contributed by atoms with Gasteiger partial charge in [-0.15, -0.1) is 5.10 Å². The number of rotatable bonds is 5. The number of hydrogen-bond donors (Lipinski definition) is 0. The van der Waals surface area contributed by atoms with Crippen molar-refractivity contribution in [2.24, 2.45) is 10.2 Å². The zero-order chi connectivity index (χ0) is 24.3. The number of halogens is 2. The average Bonchev–Trinajstić information content (AvgIpc) is 3.41. The van der Waals surface area contributed by atoms with Crippen LogP contribution >= 0.6 is 35.0 Å². The molecule has 174 valence electrons. The SMILES string of the molecule is CC(C)(C)c1ccc(/C=N/N=C2\S/C(=C\c3cccc(Cl)c3Cl)C(=O)N2Cc2ccco2)cc1. The molecule has 0 aliphatic carbocycles. The van der Waals surface area contributed by atoms with Gasteiger partial charge in [-0.3, -0.25) is 9.69 Å². The Balaban J connectivity index is 1.61. The first kappa shape index (κ1) is 24.3. The second-order valence-corrected chi connectivity index (χ2v) is 10.5. The van der Waals surface area contributed by atoms with Crippen LogP contribution in [0.1, 0.15) is 43.2 Å². The summed E-state index contributed by atoms with van der Waals surface area (Å²) in [5.74, 6) is 0.436. The molecular weight excluding hydrogens is 489 g/mol. The average molecular weight is 512 g/mol. The van der Waals surface area contributed by atoms with E-state index < -0.39 is 0 Å². The summed E-state index contributed by atoms with van der Waals surface area (Å²) >= 11 is 13.7. The number of benzene rings is 2. The van der Waals surface area contributed by atoms with Gasteiger partial charge in [0, 0.05) is 0 Å². The molecule has 1 aromatic heterocycles. The summed E-state index contributed by atoms with van der Waals surface area (Å²) in [5, 5.41) is 9.86. The van der Waals surface area contributed by atoms with Gasteiger partial charge in [-0.05, 0) is 58.1 Å². The summed E-state index contributed by atoms with van der Waals surface area (Å²) in [6.45, 7) is 6.76. The number of carbonyl (C=O) groups is 1. The van der Waals surface area contributed by atoms with Gasteiger partial charge in [-0.1, -0.05) is 80.4 Å². The van der Waals surface area contributed by atoms with Gasteiger partial charge >= 0.3 is 0 Å². The quantitative estimate of drug-likeness (QED) is 0.203. The number of furan rings is 1. The molecule has 5 nitrogen and oxygen atoms in total. The third kappa shape index (κ3) is 5.63. The van der Waals surface area contributed by atoms with Crippen LogP contribution in [0.2, 0.25) is 10.0 Å². The van der Waals surface area contributed by atoms with Crippen molar-refractivity contribution in [1.82, 2.24) is 4.90 Å². The molecule has 0 radical (unpaired) electrons. The Morgan fingerprint density at radius 1 is 1.06 bits per heavy atom. The third-order valence-electron chi connectivity index (χ3n) is 5.18. The predicted molar refractivity (Wildman–Crippen MR) is 141 cm³/mol. The van der Waals surface area contributed by atoms with Gasteiger partial charge in [0.15, 0.2) is 5.17 Å². The maximum absolute atomic E-state index is 13.2. The number of carbonyl (C=O) groups excluding carboxylic acids is 1. The second kappa shape index (κ2) is 10.2. The Hall–Kier alpha value is -2.80. The summed E-state index contributed by atoms with van der Waals surface area (Å²) in [6.07, 6.45) is 4.96. The standard InChI is InChI=1S/C26H23Cl2N3O2S/c1-26(2,3)19-11-9-17(10-12-19)15-29-30-25-31(16-20-7-5-13-33-20)24(32)22(34-25)14-18-6-4-8-21(27)23(18)28/h4-15H,16H2,1-3H3/b22-14-,29-15+,30-25-. The van der Waals surface area contributed by atoms with E-state index >= 15 is 0 Å². The lowest BCUT2D eigenvalue weighted by atomic mass is 9.87. The Morgan fingerprint density at radius 3 is 2.50 bits per heavy atom. The van der Waals surface area contributed by atoms with Crippen LogP contribution in [0.3, 0.4) is 0 Å². The minimum absolute atomic E-state index is 0.0811. The molecule has 0 saturated carbocycles. The van der Waals surface area contributed by atoms with E-state index in [-0.39, 0.29) is 17.9 Å². The first-order valence-corrected chi connectivity index (χ1v) is 12.2. The maximum Gasteiger partial charge on any atom is 0.267 e. The monoisotopic (exact) mass is 511 g/mol. The van der Waals surface area contributed by atoms with Crippen LogP contribution in [0.4, 0.5) is 0 Å². The van der Waals surface area contributed by atoms with E-state index in [9.17, 15) is 4.79 Å². The first-order valence-electron chi connectivity index (χ1n) is 10.6. The van der Waals surface area contributed by atoms with E-state index in [1.807, 2.05) is 18.2 Å². The predicted octanol–water partition coefficient (Wildman–Crippen LogP) is 7.39. The van der Waals surface area contributed by atoms with E-state index in [0.29, 0.717) is 31.4 Å². The van der Waals surface area contributed by atoms with Crippen molar-refractivity contribution in [3.63, 3.8) is 0 Å². The van der Waals surface area contributed by atoms with Crippen molar-refractivity contribution in [1.29, 1.82) is 0 Å². The Labute approximate surface area is 213 Å². The lowest BCUT2D eigenvalue weighted by molar-refractivity contribution is -0.122. The molecule has 0 atom stereocenters. The van der Waals surface area contributed by atoms with E-state index in [2.05, 4.69) is 43.1 Å². The lowest BCUT2D eigenvalue weighted by Gasteiger charge is -2.18. The molecule has 1 aliphatic heterocycles. The van der Waals surface area contributed by atoms with Gasteiger partial charge in [-0.25, -0.2) is 0 Å². The molecule has 0 spiro atoms. The molecule has 1 aliphatic rings. The van der Waals surface area contributed by atoms with Gasteiger partial charge in [0.2, 0.25) is 0 Å². The minimum Gasteiger partial charge on any atom is -0.467 e. The smallest absolute Gasteiger partial charge is 0.267 e. The van der Waals surface area contributed by atoms with Crippen LogP contribution in [0.25, 0.3) is 6.08 Å². The molecule has 4 rings (SSSR count). The van der Waals surface area contributed by atoms with Crippen LogP contribution in [0.15, 0.2) is 80.4 Å². The van der Waals surface area contributed by atoms with Crippen molar-refractivity contribution in [2.75, 3.05) is 0 Å². The summed E-state index contributed by atoms with van der Waals surface area (Å²) in [4.78, 5) is 15.2. The number of thioether (sulfide) groups is 1. The van der Waals surface area contributed by atoms with Gasteiger partial charge in [0.25, 0.3) is 5.91 Å². The van der Waals surface area contributed by atoms with Crippen LogP contribution in [-0.4, -0.2) is 22.2 Å². The highest BCUT2D eigenvalue weighted by Gasteiger charge is 2.34. The van der Waals surface area contributed by atoms with Crippen molar-refractivity contribution >= 4 is 58.3 Å². The van der Waals surface area contributed by atoms with E-state index in [1.54, 1.807) is 42.8 Å². The van der Waals surface area contributed by atoms with E-state index in [1.165, 1.54) is 22.2 Å². The Kier molecular flexibility index (Phi) is 7.31. The highest BCUT2D eigenvalue weighted by Crippen LogP contribution is 2.36. The summed E-state index contributed by atoms with van der Waals surface area (Å²) in [7, 11) is 0. The van der Waals surface area contributed by atoms with E-state index in [0.717, 1.165) is 5.56 Å². The van der Waals surface area contributed by atoms with Crippen molar-refractivity contribution in [2.45, 2.75) is 32.7 Å². The molecule has 0 unspecified atom stereocenters. The van der Waals surface area contributed by atoms with E-state index in [4.69, 9.17) is 27.6 Å². The van der Waals surface area contributed by atoms with Crippen LogP contribution in [-0.2, 0) is 16.8 Å². The first-order chi connectivity index (χ1) is 16.2. The van der Waals surface area contributed by atoms with Gasteiger partial charge < -0.3 is 4.42 Å². The molecular formula is C26H23Cl2N3O2S. The molecule has 1 amide bonds. The number of amides is 1.